The average molecular weight is 421 g/mol. The van der Waals surface area contributed by atoms with Crippen LogP contribution in [0.5, 0.6) is 0 Å². The van der Waals surface area contributed by atoms with Gasteiger partial charge in [-0.2, -0.15) is 0 Å². The molecule has 1 aromatic carbocycles. The zero-order valence-electron chi connectivity index (χ0n) is 16.2. The van der Waals surface area contributed by atoms with E-state index >= 15 is 0 Å². The van der Waals surface area contributed by atoms with Crippen molar-refractivity contribution in [2.75, 3.05) is 20.2 Å². The number of likely N-dealkylation sites (tertiary alicyclic amines) is 1. The van der Waals surface area contributed by atoms with E-state index < -0.39 is 5.56 Å². The Hall–Kier alpha value is -2.71. The van der Waals surface area contributed by atoms with Crippen LogP contribution < -0.4 is 11.3 Å². The maximum absolute atomic E-state index is 12.7. The van der Waals surface area contributed by atoms with Gasteiger partial charge in [0.1, 0.15) is 11.4 Å². The fourth-order valence-corrected chi connectivity index (χ4v) is 3.32. The monoisotopic (exact) mass is 420 g/mol. The van der Waals surface area contributed by atoms with Crippen LogP contribution in [0.3, 0.4) is 0 Å². The summed E-state index contributed by atoms with van der Waals surface area (Å²) < 4.78 is 4.69. The number of carbonyl (C=O) groups excluding carboxylic acids is 2. The number of nitrogens with one attached hydrogen (secondary N) is 1. The maximum atomic E-state index is 12.7. The fourth-order valence-electron chi connectivity index (χ4n) is 3.32. The van der Waals surface area contributed by atoms with Gasteiger partial charge in [-0.05, 0) is 24.3 Å². The predicted octanol–water partition coefficient (Wildman–Crippen LogP) is 1.73. The number of methoxy groups -OCH3 is 1. The molecule has 0 unspecified atom stereocenters. The van der Waals surface area contributed by atoms with Gasteiger partial charge in [0.2, 0.25) is 0 Å². The summed E-state index contributed by atoms with van der Waals surface area (Å²) in [7, 11) is 1.37. The van der Waals surface area contributed by atoms with Crippen LogP contribution in [0.25, 0.3) is 11.4 Å². The molecule has 3 rings (SSSR count). The van der Waals surface area contributed by atoms with Gasteiger partial charge in [0, 0.05) is 37.8 Å². The number of aromatic nitrogens is 2. The lowest BCUT2D eigenvalue weighted by Crippen LogP contribution is -2.41. The molecular formula is C20H25ClN4O4. The Balaban J connectivity index is 0.00000300. The third-order valence-electron chi connectivity index (χ3n) is 5.08. The molecule has 9 heteroatoms. The average Bonchev–Trinajstić information content (AvgIpc) is 2.73. The first kappa shape index (κ1) is 22.6. The number of amides is 1. The molecule has 1 amide bonds. The molecule has 0 saturated carbocycles. The van der Waals surface area contributed by atoms with Crippen LogP contribution in [-0.4, -0.2) is 46.9 Å². The van der Waals surface area contributed by atoms with E-state index in [9.17, 15) is 14.4 Å². The Bertz CT molecular complexity index is 905. The second-order valence-electron chi connectivity index (χ2n) is 6.89. The standard InChI is InChI=1S/C20H24N4O4.ClH/c1-28-17(25)10-13-6-8-24(9-7-13)20(27)16-12-22-18(23-19(16)26)15-4-2-14(11-21)3-5-15;/h2-5,12-13H,6-11,21H2,1H3,(H,22,23,26);1H. The van der Waals surface area contributed by atoms with Crippen molar-refractivity contribution < 1.29 is 14.3 Å². The van der Waals surface area contributed by atoms with Gasteiger partial charge in [-0.15, -0.1) is 12.4 Å². The summed E-state index contributed by atoms with van der Waals surface area (Å²) >= 11 is 0. The van der Waals surface area contributed by atoms with E-state index in [1.807, 2.05) is 24.3 Å². The molecule has 1 saturated heterocycles. The van der Waals surface area contributed by atoms with Crippen molar-refractivity contribution >= 4 is 24.3 Å². The molecule has 3 N–H and O–H groups in total. The normalized spacial score (nSPS) is 14.2. The first-order chi connectivity index (χ1) is 13.5. The van der Waals surface area contributed by atoms with Crippen LogP contribution in [0.15, 0.2) is 35.3 Å². The molecule has 1 aliphatic rings. The Labute approximate surface area is 174 Å². The summed E-state index contributed by atoms with van der Waals surface area (Å²) in [4.78, 5) is 45.1. The first-order valence-electron chi connectivity index (χ1n) is 9.26. The van der Waals surface area contributed by atoms with Crippen molar-refractivity contribution in [1.29, 1.82) is 0 Å². The lowest BCUT2D eigenvalue weighted by Gasteiger charge is -2.31. The zero-order chi connectivity index (χ0) is 20.1. The van der Waals surface area contributed by atoms with Crippen molar-refractivity contribution in [2.45, 2.75) is 25.8 Å². The Morgan fingerprint density at radius 2 is 1.90 bits per heavy atom. The van der Waals surface area contributed by atoms with E-state index in [0.717, 1.165) is 11.1 Å². The minimum Gasteiger partial charge on any atom is -0.469 e. The molecule has 0 aliphatic carbocycles. The fraction of sp³-hybridized carbons (Fsp3) is 0.400. The van der Waals surface area contributed by atoms with Crippen molar-refractivity contribution in [3.8, 4) is 11.4 Å². The van der Waals surface area contributed by atoms with E-state index in [4.69, 9.17) is 10.5 Å². The van der Waals surface area contributed by atoms with Crippen molar-refractivity contribution in [3.63, 3.8) is 0 Å². The molecule has 1 aliphatic heterocycles. The number of benzene rings is 1. The third-order valence-corrected chi connectivity index (χ3v) is 5.08. The molecule has 8 nitrogen and oxygen atoms in total. The number of ether oxygens (including phenoxy) is 1. The van der Waals surface area contributed by atoms with Gasteiger partial charge in [-0.25, -0.2) is 4.98 Å². The minimum absolute atomic E-state index is 0. The number of esters is 1. The highest BCUT2D eigenvalue weighted by molar-refractivity contribution is 5.93. The maximum Gasteiger partial charge on any atom is 0.305 e. The summed E-state index contributed by atoms with van der Waals surface area (Å²) in [6.07, 6.45) is 3.10. The van der Waals surface area contributed by atoms with Crippen LogP contribution >= 0.6 is 12.4 Å². The van der Waals surface area contributed by atoms with Gasteiger partial charge in [0.05, 0.1) is 7.11 Å². The molecule has 0 atom stereocenters. The van der Waals surface area contributed by atoms with Crippen LogP contribution in [-0.2, 0) is 16.1 Å². The predicted molar refractivity (Wildman–Crippen MR) is 111 cm³/mol. The number of nitrogens with two attached hydrogens (primary N) is 1. The van der Waals surface area contributed by atoms with Crippen LogP contribution in [0, 0.1) is 5.92 Å². The third kappa shape index (κ3) is 5.42. The number of aromatic amines is 1. The lowest BCUT2D eigenvalue weighted by atomic mass is 9.93. The largest absolute Gasteiger partial charge is 0.469 e. The number of rotatable bonds is 5. The summed E-state index contributed by atoms with van der Waals surface area (Å²) in [6.45, 7) is 1.44. The van der Waals surface area contributed by atoms with E-state index in [-0.39, 0.29) is 35.8 Å². The van der Waals surface area contributed by atoms with Crippen LogP contribution in [0.4, 0.5) is 0 Å². The molecule has 29 heavy (non-hydrogen) atoms. The number of nitrogens with zero attached hydrogens (tertiary/aromatic N) is 2. The van der Waals surface area contributed by atoms with Gasteiger partial charge in [0.15, 0.2) is 0 Å². The van der Waals surface area contributed by atoms with Gasteiger partial charge in [-0.3, -0.25) is 14.4 Å². The molecule has 0 spiro atoms. The van der Waals surface area contributed by atoms with Gasteiger partial charge < -0.3 is 20.4 Å². The minimum atomic E-state index is -0.463. The summed E-state index contributed by atoms with van der Waals surface area (Å²) in [5, 5.41) is 0. The summed E-state index contributed by atoms with van der Waals surface area (Å²) in [5.41, 5.74) is 6.87. The van der Waals surface area contributed by atoms with Crippen molar-refractivity contribution in [1.82, 2.24) is 14.9 Å². The second kappa shape index (κ2) is 10.2. The van der Waals surface area contributed by atoms with E-state index in [1.54, 1.807) is 4.90 Å². The molecule has 1 fully saturated rings. The number of H-pyrrole nitrogens is 1. The van der Waals surface area contributed by atoms with Gasteiger partial charge in [-0.1, -0.05) is 24.3 Å². The highest BCUT2D eigenvalue weighted by atomic mass is 35.5. The van der Waals surface area contributed by atoms with Crippen molar-refractivity contribution in [3.05, 3.63) is 51.9 Å². The zero-order valence-corrected chi connectivity index (χ0v) is 17.0. The molecule has 156 valence electrons. The Morgan fingerprint density at radius 3 is 2.45 bits per heavy atom. The van der Waals surface area contributed by atoms with Crippen molar-refractivity contribution in [2.24, 2.45) is 11.7 Å². The highest BCUT2D eigenvalue weighted by Gasteiger charge is 2.26. The number of piperidine rings is 1. The molecule has 0 radical (unpaired) electrons. The molecule has 1 aromatic heterocycles. The summed E-state index contributed by atoms with van der Waals surface area (Å²) in [6, 6.07) is 7.39. The molecular weight excluding hydrogens is 396 g/mol. The van der Waals surface area contributed by atoms with E-state index in [1.165, 1.54) is 13.3 Å². The first-order valence-corrected chi connectivity index (χ1v) is 9.26. The van der Waals surface area contributed by atoms with Gasteiger partial charge >= 0.3 is 5.97 Å². The Kier molecular flexibility index (Phi) is 7.92. The van der Waals surface area contributed by atoms with E-state index in [0.29, 0.717) is 44.7 Å². The molecule has 2 heterocycles. The lowest BCUT2D eigenvalue weighted by molar-refractivity contribution is -0.142. The number of hydrogen-bond acceptors (Lipinski definition) is 6. The smallest absolute Gasteiger partial charge is 0.305 e. The van der Waals surface area contributed by atoms with Crippen LogP contribution in [0.1, 0.15) is 35.2 Å². The van der Waals surface area contributed by atoms with Crippen LogP contribution in [0.2, 0.25) is 0 Å². The Morgan fingerprint density at radius 1 is 1.24 bits per heavy atom. The molecule has 0 bridgehead atoms. The number of hydrogen-bond donors (Lipinski definition) is 2. The topological polar surface area (TPSA) is 118 Å². The summed E-state index contributed by atoms with van der Waals surface area (Å²) in [5.74, 6) is 0.0319. The highest BCUT2D eigenvalue weighted by Crippen LogP contribution is 2.22. The number of halogens is 1. The number of carbonyl (C=O) groups is 2. The van der Waals surface area contributed by atoms with Gasteiger partial charge in [0.25, 0.3) is 11.5 Å². The second-order valence-corrected chi connectivity index (χ2v) is 6.89. The SMILES string of the molecule is COC(=O)CC1CCN(C(=O)c2cnc(-c3ccc(CN)cc3)[nH]c2=O)CC1.Cl. The quantitative estimate of drug-likeness (QED) is 0.711. The molecule has 2 aromatic rings. The van der Waals surface area contributed by atoms with E-state index in [2.05, 4.69) is 9.97 Å².